The fourth-order valence-corrected chi connectivity index (χ4v) is 5.92. The maximum absolute atomic E-state index is 12.7. The molecule has 1 atom stereocenters. The molecule has 2 heterocycles. The van der Waals surface area contributed by atoms with E-state index in [-0.39, 0.29) is 11.3 Å². The summed E-state index contributed by atoms with van der Waals surface area (Å²) in [5.41, 5.74) is 2.55. The highest BCUT2D eigenvalue weighted by Crippen LogP contribution is 2.60. The van der Waals surface area contributed by atoms with Crippen LogP contribution < -0.4 is 14.8 Å². The van der Waals surface area contributed by atoms with Gasteiger partial charge in [0.15, 0.2) is 11.5 Å². The normalized spacial score (nSPS) is 32.4. The zero-order chi connectivity index (χ0) is 19.8. The number of hydrogen-bond acceptors (Lipinski definition) is 4. The zero-order valence-corrected chi connectivity index (χ0v) is 17.9. The Morgan fingerprint density at radius 2 is 1.75 bits per heavy atom. The molecule has 0 bridgehead atoms. The predicted molar refractivity (Wildman–Crippen MR) is 109 cm³/mol. The first-order valence-corrected chi connectivity index (χ1v) is 10.8. The van der Waals surface area contributed by atoms with Gasteiger partial charge in [0.05, 0.1) is 10.6 Å². The van der Waals surface area contributed by atoms with Gasteiger partial charge in [-0.1, -0.05) is 11.6 Å². The molecule has 5 nitrogen and oxygen atoms in total. The minimum atomic E-state index is -0.717. The third kappa shape index (κ3) is 2.51. The van der Waals surface area contributed by atoms with E-state index in [4.69, 9.17) is 21.1 Å². The summed E-state index contributed by atoms with van der Waals surface area (Å²) in [4.78, 5) is 15.0. The first-order valence-electron chi connectivity index (χ1n) is 10.4. The van der Waals surface area contributed by atoms with Crippen LogP contribution in [0.5, 0.6) is 11.5 Å². The molecule has 4 aliphatic rings. The number of halogens is 1. The van der Waals surface area contributed by atoms with Gasteiger partial charge in [-0.2, -0.15) is 0 Å². The van der Waals surface area contributed by atoms with E-state index >= 15 is 0 Å². The summed E-state index contributed by atoms with van der Waals surface area (Å²) in [5, 5.41) is 3.64. The van der Waals surface area contributed by atoms with Gasteiger partial charge >= 0.3 is 0 Å². The lowest BCUT2D eigenvalue weighted by Crippen LogP contribution is -2.46. The molecule has 28 heavy (non-hydrogen) atoms. The number of nitrogens with zero attached hydrogens (tertiary/aromatic N) is 1. The topological polar surface area (TPSA) is 50.8 Å². The second-order valence-electron chi connectivity index (χ2n) is 9.50. The van der Waals surface area contributed by atoms with Crippen molar-refractivity contribution in [2.45, 2.75) is 69.6 Å². The van der Waals surface area contributed by atoms with Crippen LogP contribution in [0.2, 0.25) is 5.02 Å². The van der Waals surface area contributed by atoms with E-state index < -0.39 is 5.79 Å². The number of fused-ring (bicyclic) bond motifs is 3. The highest BCUT2D eigenvalue weighted by atomic mass is 35.5. The largest absolute Gasteiger partial charge is 0.448 e. The fraction of sp³-hybridized carbons (Fsp3) is 0.682. The lowest BCUT2D eigenvalue weighted by molar-refractivity contribution is -0.123. The second-order valence-corrected chi connectivity index (χ2v) is 9.88. The van der Waals surface area contributed by atoms with Gasteiger partial charge in [0.1, 0.15) is 0 Å². The molecule has 2 fully saturated rings. The minimum Gasteiger partial charge on any atom is -0.448 e. The van der Waals surface area contributed by atoms with Crippen molar-refractivity contribution in [3.63, 3.8) is 0 Å². The first-order chi connectivity index (χ1) is 13.3. The standard InChI is InChI=1S/C22H29ClN2O3/c1-12-15-16(22(9-10-22)11-24-20(15)26)17(23)19-18(12)27-21(2,28-19)13-5-7-14(8-6-13)25(3)4/h13-14H,5-11H2,1-4H3,(H,24,26). The molecule has 1 unspecified atom stereocenters. The van der Waals surface area contributed by atoms with Gasteiger partial charge in [-0.3, -0.25) is 4.79 Å². The summed E-state index contributed by atoms with van der Waals surface area (Å²) >= 11 is 6.87. The lowest BCUT2D eigenvalue weighted by Gasteiger charge is -2.39. The Bertz CT molecular complexity index is 856. The Balaban J connectivity index is 1.50. The molecule has 2 aliphatic heterocycles. The molecule has 2 saturated carbocycles. The minimum absolute atomic E-state index is 0.00770. The van der Waals surface area contributed by atoms with Crippen LogP contribution >= 0.6 is 11.6 Å². The van der Waals surface area contributed by atoms with Crippen molar-refractivity contribution < 1.29 is 14.3 Å². The molecule has 1 amide bonds. The molecule has 2 aliphatic carbocycles. The van der Waals surface area contributed by atoms with Crippen molar-refractivity contribution in [3.8, 4) is 11.5 Å². The Kier molecular flexibility index (Phi) is 3.99. The number of hydrogen-bond donors (Lipinski definition) is 1. The van der Waals surface area contributed by atoms with E-state index in [2.05, 4.69) is 24.3 Å². The van der Waals surface area contributed by atoms with Crippen molar-refractivity contribution in [1.82, 2.24) is 10.2 Å². The van der Waals surface area contributed by atoms with Gasteiger partial charge in [-0.15, -0.1) is 0 Å². The second kappa shape index (κ2) is 6.02. The van der Waals surface area contributed by atoms with Gasteiger partial charge in [0, 0.05) is 36.4 Å². The van der Waals surface area contributed by atoms with E-state index in [0.717, 1.165) is 49.7 Å². The average molecular weight is 405 g/mol. The highest BCUT2D eigenvalue weighted by Gasteiger charge is 2.54. The predicted octanol–water partition coefficient (Wildman–Crippen LogP) is 4.03. The van der Waals surface area contributed by atoms with Gasteiger partial charge < -0.3 is 19.7 Å². The average Bonchev–Trinajstić information content (AvgIpc) is 3.35. The van der Waals surface area contributed by atoms with Crippen molar-refractivity contribution in [3.05, 3.63) is 21.7 Å². The molecule has 1 spiro atoms. The molecule has 1 N–H and O–H groups in total. The quantitative estimate of drug-likeness (QED) is 0.808. The molecule has 5 rings (SSSR count). The molecule has 1 aromatic carbocycles. The molecule has 0 radical (unpaired) electrons. The summed E-state index contributed by atoms with van der Waals surface area (Å²) in [6.45, 7) is 4.67. The van der Waals surface area contributed by atoms with Crippen molar-refractivity contribution >= 4 is 17.5 Å². The summed E-state index contributed by atoms with van der Waals surface area (Å²) in [5.74, 6) is 0.862. The molecule has 0 aromatic heterocycles. The number of nitrogens with one attached hydrogen (secondary N) is 1. The molecular formula is C22H29ClN2O3. The molecule has 6 heteroatoms. The van der Waals surface area contributed by atoms with Crippen LogP contribution in [-0.4, -0.2) is 43.3 Å². The number of carbonyl (C=O) groups is 1. The van der Waals surface area contributed by atoms with Crippen LogP contribution in [0.1, 0.15) is 66.9 Å². The monoisotopic (exact) mass is 404 g/mol. The lowest BCUT2D eigenvalue weighted by atomic mass is 9.81. The van der Waals surface area contributed by atoms with E-state index in [9.17, 15) is 4.79 Å². The molecular weight excluding hydrogens is 376 g/mol. The maximum Gasteiger partial charge on any atom is 0.252 e. The highest BCUT2D eigenvalue weighted by molar-refractivity contribution is 6.34. The number of carbonyl (C=O) groups excluding carboxylic acids is 1. The van der Waals surface area contributed by atoms with E-state index in [0.29, 0.717) is 40.6 Å². The van der Waals surface area contributed by atoms with Crippen LogP contribution in [0.4, 0.5) is 0 Å². The van der Waals surface area contributed by atoms with Crippen molar-refractivity contribution in [2.75, 3.05) is 20.6 Å². The van der Waals surface area contributed by atoms with Gasteiger partial charge in [-0.25, -0.2) is 0 Å². The van der Waals surface area contributed by atoms with Gasteiger partial charge in [0.25, 0.3) is 11.7 Å². The third-order valence-electron chi connectivity index (χ3n) is 7.57. The van der Waals surface area contributed by atoms with Crippen LogP contribution in [0, 0.1) is 12.8 Å². The maximum atomic E-state index is 12.7. The first kappa shape index (κ1) is 18.6. The summed E-state index contributed by atoms with van der Waals surface area (Å²) < 4.78 is 12.9. The van der Waals surface area contributed by atoms with E-state index in [1.807, 2.05) is 13.8 Å². The number of rotatable bonds is 2. The number of benzene rings is 1. The third-order valence-corrected chi connectivity index (χ3v) is 7.93. The Morgan fingerprint density at radius 3 is 2.36 bits per heavy atom. The van der Waals surface area contributed by atoms with Crippen molar-refractivity contribution in [2.24, 2.45) is 5.92 Å². The SMILES string of the molecule is Cc1c2c(c(Cl)c3c1C(=O)NCC31CC1)OC(C)(C1CCC(N(C)C)CC1)O2. The summed E-state index contributed by atoms with van der Waals surface area (Å²) in [6, 6.07) is 0.625. The Labute approximate surface area is 171 Å². The van der Waals surface area contributed by atoms with Gasteiger partial charge in [0.2, 0.25) is 0 Å². The van der Waals surface area contributed by atoms with Crippen LogP contribution in [0.3, 0.4) is 0 Å². The number of ether oxygens (including phenoxy) is 2. The summed E-state index contributed by atoms with van der Waals surface area (Å²) in [6.07, 6.45) is 6.54. The van der Waals surface area contributed by atoms with E-state index in [1.165, 1.54) is 0 Å². The molecule has 152 valence electrons. The van der Waals surface area contributed by atoms with Gasteiger partial charge in [-0.05, 0) is 65.1 Å². The number of amides is 1. The zero-order valence-electron chi connectivity index (χ0n) is 17.2. The smallest absolute Gasteiger partial charge is 0.252 e. The Morgan fingerprint density at radius 1 is 1.11 bits per heavy atom. The molecule has 1 aromatic rings. The molecule has 0 saturated heterocycles. The van der Waals surface area contributed by atoms with Crippen molar-refractivity contribution in [1.29, 1.82) is 0 Å². The summed E-state index contributed by atoms with van der Waals surface area (Å²) in [7, 11) is 4.30. The fourth-order valence-electron chi connectivity index (χ4n) is 5.50. The Hall–Kier alpha value is -1.46. The van der Waals surface area contributed by atoms with Crippen LogP contribution in [0.15, 0.2) is 0 Å². The van der Waals surface area contributed by atoms with E-state index in [1.54, 1.807) is 0 Å². The van der Waals surface area contributed by atoms with Crippen LogP contribution in [-0.2, 0) is 5.41 Å². The van der Waals surface area contributed by atoms with Crippen LogP contribution in [0.25, 0.3) is 0 Å².